The van der Waals surface area contributed by atoms with Crippen LogP contribution in [0, 0.1) is 0 Å². The van der Waals surface area contributed by atoms with Crippen LogP contribution in [0.2, 0.25) is 0 Å². The molecule has 0 aliphatic heterocycles. The summed E-state index contributed by atoms with van der Waals surface area (Å²) in [7, 11) is 0. The molecular weight excluding hydrogens is 180 g/mol. The Morgan fingerprint density at radius 1 is 1.21 bits per heavy atom. The topological polar surface area (TPSA) is 38.7 Å². The Bertz CT molecular complexity index is 234. The molecule has 3 heteroatoms. The van der Waals surface area contributed by atoms with Crippen molar-refractivity contribution < 1.29 is 14.6 Å². The molecule has 0 fully saturated rings. The Labute approximate surface area is 84.3 Å². The average molecular weight is 196 g/mol. The standard InChI is InChI=1S/C11H16O3/c1-10(12)9-13-7-8-14-11-5-3-2-4-6-11/h2-6,10,12H,7-9H2,1H3/t10-/m0/s1. The fourth-order valence-electron chi connectivity index (χ4n) is 0.989. The zero-order chi connectivity index (χ0) is 10.2. The van der Waals surface area contributed by atoms with Crippen molar-refractivity contribution >= 4 is 0 Å². The van der Waals surface area contributed by atoms with Gasteiger partial charge in [0.05, 0.1) is 19.3 Å². The Kier molecular flexibility index (Phi) is 5.04. The maximum absolute atomic E-state index is 8.90. The molecule has 0 aromatic heterocycles. The van der Waals surface area contributed by atoms with Gasteiger partial charge in [-0.15, -0.1) is 0 Å². The molecule has 0 saturated carbocycles. The van der Waals surface area contributed by atoms with Gasteiger partial charge in [-0.1, -0.05) is 18.2 Å². The van der Waals surface area contributed by atoms with Gasteiger partial charge in [0.2, 0.25) is 0 Å². The second-order valence-electron chi connectivity index (χ2n) is 3.09. The largest absolute Gasteiger partial charge is 0.491 e. The van der Waals surface area contributed by atoms with Gasteiger partial charge in [0.1, 0.15) is 12.4 Å². The van der Waals surface area contributed by atoms with E-state index in [2.05, 4.69) is 0 Å². The SMILES string of the molecule is C[C@H](O)COCCOc1ccccc1. The van der Waals surface area contributed by atoms with Crippen molar-refractivity contribution in [1.29, 1.82) is 0 Å². The third-order valence-electron chi connectivity index (χ3n) is 1.60. The van der Waals surface area contributed by atoms with E-state index >= 15 is 0 Å². The van der Waals surface area contributed by atoms with Crippen molar-refractivity contribution in [2.24, 2.45) is 0 Å². The Morgan fingerprint density at radius 2 is 1.93 bits per heavy atom. The summed E-state index contributed by atoms with van der Waals surface area (Å²) in [6.45, 7) is 3.06. The molecule has 1 aromatic rings. The first-order valence-corrected chi connectivity index (χ1v) is 4.72. The highest BCUT2D eigenvalue weighted by Crippen LogP contribution is 2.07. The number of para-hydroxylation sites is 1. The van der Waals surface area contributed by atoms with Crippen molar-refractivity contribution in [1.82, 2.24) is 0 Å². The maximum atomic E-state index is 8.90. The number of hydrogen-bond donors (Lipinski definition) is 1. The quantitative estimate of drug-likeness (QED) is 0.700. The van der Waals surface area contributed by atoms with E-state index in [0.29, 0.717) is 19.8 Å². The molecule has 0 radical (unpaired) electrons. The highest BCUT2D eigenvalue weighted by atomic mass is 16.5. The first-order chi connectivity index (χ1) is 6.79. The second kappa shape index (κ2) is 6.40. The van der Waals surface area contributed by atoms with E-state index in [1.54, 1.807) is 6.92 Å². The van der Waals surface area contributed by atoms with Gasteiger partial charge in [0.15, 0.2) is 0 Å². The summed E-state index contributed by atoms with van der Waals surface area (Å²) in [6, 6.07) is 9.58. The van der Waals surface area contributed by atoms with Crippen molar-refractivity contribution in [2.45, 2.75) is 13.0 Å². The molecule has 3 nitrogen and oxygen atoms in total. The van der Waals surface area contributed by atoms with Gasteiger partial charge >= 0.3 is 0 Å². The molecule has 0 aliphatic carbocycles. The van der Waals surface area contributed by atoms with Crippen molar-refractivity contribution in [3.05, 3.63) is 30.3 Å². The molecule has 1 aromatic carbocycles. The number of aliphatic hydroxyl groups is 1. The van der Waals surface area contributed by atoms with Gasteiger partial charge in [-0.2, -0.15) is 0 Å². The summed E-state index contributed by atoms with van der Waals surface area (Å²) in [5.74, 6) is 0.841. The summed E-state index contributed by atoms with van der Waals surface area (Å²) in [5.41, 5.74) is 0. The molecule has 1 N–H and O–H groups in total. The van der Waals surface area contributed by atoms with E-state index in [1.165, 1.54) is 0 Å². The van der Waals surface area contributed by atoms with E-state index in [9.17, 15) is 0 Å². The van der Waals surface area contributed by atoms with Crippen LogP contribution in [0.1, 0.15) is 6.92 Å². The average Bonchev–Trinajstić information content (AvgIpc) is 2.18. The summed E-state index contributed by atoms with van der Waals surface area (Å²) in [4.78, 5) is 0. The van der Waals surface area contributed by atoms with Gasteiger partial charge in [-0.05, 0) is 19.1 Å². The van der Waals surface area contributed by atoms with Gasteiger partial charge in [-0.3, -0.25) is 0 Å². The number of aliphatic hydroxyl groups excluding tert-OH is 1. The Hall–Kier alpha value is -1.06. The normalized spacial score (nSPS) is 12.4. The van der Waals surface area contributed by atoms with Crippen molar-refractivity contribution in [3.8, 4) is 5.75 Å². The van der Waals surface area contributed by atoms with E-state index in [0.717, 1.165) is 5.75 Å². The maximum Gasteiger partial charge on any atom is 0.119 e. The highest BCUT2D eigenvalue weighted by Gasteiger charge is 1.95. The van der Waals surface area contributed by atoms with E-state index in [1.807, 2.05) is 30.3 Å². The van der Waals surface area contributed by atoms with Crippen LogP contribution in [-0.4, -0.2) is 31.0 Å². The smallest absolute Gasteiger partial charge is 0.119 e. The Morgan fingerprint density at radius 3 is 2.57 bits per heavy atom. The molecule has 1 rings (SSSR count). The van der Waals surface area contributed by atoms with Gasteiger partial charge < -0.3 is 14.6 Å². The third kappa shape index (κ3) is 4.84. The number of hydrogen-bond acceptors (Lipinski definition) is 3. The molecule has 14 heavy (non-hydrogen) atoms. The third-order valence-corrected chi connectivity index (χ3v) is 1.60. The predicted octanol–water partition coefficient (Wildman–Crippen LogP) is 1.46. The lowest BCUT2D eigenvalue weighted by Crippen LogP contribution is -2.14. The predicted molar refractivity (Wildman–Crippen MR) is 54.4 cm³/mol. The first kappa shape index (κ1) is 11.0. The van der Waals surface area contributed by atoms with Crippen LogP contribution >= 0.6 is 0 Å². The molecule has 0 heterocycles. The fraction of sp³-hybridized carbons (Fsp3) is 0.455. The second-order valence-corrected chi connectivity index (χ2v) is 3.09. The van der Waals surface area contributed by atoms with E-state index in [-0.39, 0.29) is 0 Å². The molecule has 0 aliphatic rings. The number of ether oxygens (including phenoxy) is 2. The number of benzene rings is 1. The minimum absolute atomic E-state index is 0.359. The molecular formula is C11H16O3. The van der Waals surface area contributed by atoms with Gasteiger partial charge in [-0.25, -0.2) is 0 Å². The molecule has 0 saturated heterocycles. The molecule has 0 amide bonds. The fourth-order valence-corrected chi connectivity index (χ4v) is 0.989. The molecule has 0 unspecified atom stereocenters. The van der Waals surface area contributed by atoms with E-state index in [4.69, 9.17) is 14.6 Å². The summed E-state index contributed by atoms with van der Waals surface area (Å²) in [5, 5.41) is 8.90. The first-order valence-electron chi connectivity index (χ1n) is 4.72. The Balaban J connectivity index is 2.05. The lowest BCUT2D eigenvalue weighted by Gasteiger charge is -2.07. The summed E-state index contributed by atoms with van der Waals surface area (Å²) < 4.78 is 10.5. The van der Waals surface area contributed by atoms with Crippen LogP contribution in [0.15, 0.2) is 30.3 Å². The lowest BCUT2D eigenvalue weighted by molar-refractivity contribution is 0.0329. The van der Waals surface area contributed by atoms with Crippen LogP contribution < -0.4 is 4.74 Å². The molecule has 1 atom stereocenters. The van der Waals surface area contributed by atoms with Crippen LogP contribution in [0.5, 0.6) is 5.75 Å². The van der Waals surface area contributed by atoms with Crippen LogP contribution in [0.3, 0.4) is 0 Å². The highest BCUT2D eigenvalue weighted by molar-refractivity contribution is 5.20. The lowest BCUT2D eigenvalue weighted by atomic mass is 10.3. The van der Waals surface area contributed by atoms with Crippen LogP contribution in [-0.2, 0) is 4.74 Å². The molecule has 0 spiro atoms. The van der Waals surface area contributed by atoms with Gasteiger partial charge in [0, 0.05) is 0 Å². The number of rotatable bonds is 6. The molecule has 0 bridgehead atoms. The van der Waals surface area contributed by atoms with Crippen molar-refractivity contribution in [2.75, 3.05) is 19.8 Å². The van der Waals surface area contributed by atoms with Crippen LogP contribution in [0.4, 0.5) is 0 Å². The summed E-state index contributed by atoms with van der Waals surface area (Å²) >= 11 is 0. The van der Waals surface area contributed by atoms with Gasteiger partial charge in [0.25, 0.3) is 0 Å². The molecule has 78 valence electrons. The minimum atomic E-state index is -0.410. The zero-order valence-corrected chi connectivity index (χ0v) is 8.35. The van der Waals surface area contributed by atoms with E-state index < -0.39 is 6.10 Å². The van der Waals surface area contributed by atoms with Crippen LogP contribution in [0.25, 0.3) is 0 Å². The monoisotopic (exact) mass is 196 g/mol. The van der Waals surface area contributed by atoms with Crippen molar-refractivity contribution in [3.63, 3.8) is 0 Å². The summed E-state index contributed by atoms with van der Waals surface area (Å²) in [6.07, 6.45) is -0.410. The minimum Gasteiger partial charge on any atom is -0.491 e. The zero-order valence-electron chi connectivity index (χ0n) is 8.35.